The summed E-state index contributed by atoms with van der Waals surface area (Å²) in [5.74, 6) is 0.506. The molecule has 1 aromatic heterocycles. The van der Waals surface area contributed by atoms with Gasteiger partial charge in [-0.15, -0.1) is 0 Å². The molecule has 0 unspecified atom stereocenters. The summed E-state index contributed by atoms with van der Waals surface area (Å²) < 4.78 is 7.14. The highest BCUT2D eigenvalue weighted by Crippen LogP contribution is 2.15. The van der Waals surface area contributed by atoms with Crippen molar-refractivity contribution in [1.29, 1.82) is 0 Å². The molecule has 1 N–H and O–H groups in total. The molecule has 1 saturated heterocycles. The van der Waals surface area contributed by atoms with Gasteiger partial charge in [-0.25, -0.2) is 4.68 Å². The molecule has 2 heterocycles. The number of para-hydroxylation sites is 1. The molecular formula is C17H21N3O2. The maximum Gasteiger partial charge on any atom is 0.220 e. The van der Waals surface area contributed by atoms with E-state index in [2.05, 4.69) is 10.4 Å². The normalized spacial score (nSPS) is 17.5. The highest BCUT2D eigenvalue weighted by Gasteiger charge is 2.18. The van der Waals surface area contributed by atoms with E-state index in [4.69, 9.17) is 4.74 Å². The minimum atomic E-state index is 0.117. The highest BCUT2D eigenvalue weighted by molar-refractivity contribution is 5.76. The van der Waals surface area contributed by atoms with E-state index in [0.717, 1.165) is 37.3 Å². The van der Waals surface area contributed by atoms with Crippen molar-refractivity contribution >= 4 is 5.91 Å². The fraction of sp³-hybridized carbons (Fsp3) is 0.412. The molecule has 1 fully saturated rings. The number of benzene rings is 1. The number of hydrogen-bond acceptors (Lipinski definition) is 3. The van der Waals surface area contributed by atoms with Crippen LogP contribution in [0.15, 0.2) is 42.7 Å². The standard InChI is InChI=1S/C17H21N3O2/c21-17(10-14-7-9-22-13-14)18-8-6-15-11-19-20(12-15)16-4-2-1-3-5-16/h1-5,11-12,14H,6-10,13H2,(H,18,21)/t14-/m1/s1. The molecule has 22 heavy (non-hydrogen) atoms. The van der Waals surface area contributed by atoms with Crippen molar-refractivity contribution in [3.63, 3.8) is 0 Å². The lowest BCUT2D eigenvalue weighted by molar-refractivity contribution is -0.122. The van der Waals surface area contributed by atoms with Crippen LogP contribution in [0.2, 0.25) is 0 Å². The van der Waals surface area contributed by atoms with Crippen LogP contribution in [-0.4, -0.2) is 35.4 Å². The second-order valence-electron chi connectivity index (χ2n) is 5.66. The van der Waals surface area contributed by atoms with E-state index in [1.165, 1.54) is 0 Å². The summed E-state index contributed by atoms with van der Waals surface area (Å²) in [6, 6.07) is 10.00. The Hall–Kier alpha value is -2.14. The van der Waals surface area contributed by atoms with E-state index in [9.17, 15) is 4.79 Å². The molecule has 3 rings (SSSR count). The van der Waals surface area contributed by atoms with Crippen molar-refractivity contribution in [1.82, 2.24) is 15.1 Å². The van der Waals surface area contributed by atoms with Crippen LogP contribution in [-0.2, 0) is 16.0 Å². The number of carbonyl (C=O) groups is 1. The van der Waals surface area contributed by atoms with Gasteiger partial charge in [0.25, 0.3) is 0 Å². The lowest BCUT2D eigenvalue weighted by atomic mass is 10.0. The fourth-order valence-corrected chi connectivity index (χ4v) is 2.64. The van der Waals surface area contributed by atoms with E-state index in [-0.39, 0.29) is 5.91 Å². The van der Waals surface area contributed by atoms with Crippen LogP contribution < -0.4 is 5.32 Å². The zero-order valence-electron chi connectivity index (χ0n) is 12.6. The van der Waals surface area contributed by atoms with Gasteiger partial charge in [0.1, 0.15) is 0 Å². The van der Waals surface area contributed by atoms with Gasteiger partial charge >= 0.3 is 0 Å². The molecule has 2 aromatic rings. The lowest BCUT2D eigenvalue weighted by Crippen LogP contribution is -2.27. The monoisotopic (exact) mass is 299 g/mol. The van der Waals surface area contributed by atoms with Crippen LogP contribution in [0.1, 0.15) is 18.4 Å². The van der Waals surface area contributed by atoms with Crippen molar-refractivity contribution in [2.45, 2.75) is 19.3 Å². The van der Waals surface area contributed by atoms with Gasteiger partial charge in [0.05, 0.1) is 11.9 Å². The molecule has 0 saturated carbocycles. The number of carbonyl (C=O) groups excluding carboxylic acids is 1. The second-order valence-corrected chi connectivity index (χ2v) is 5.66. The summed E-state index contributed by atoms with van der Waals surface area (Å²) in [6.45, 7) is 2.15. The summed E-state index contributed by atoms with van der Waals surface area (Å²) >= 11 is 0. The molecule has 116 valence electrons. The number of nitrogens with zero attached hydrogens (tertiary/aromatic N) is 2. The van der Waals surface area contributed by atoms with Crippen molar-refractivity contribution in [3.8, 4) is 5.69 Å². The maximum absolute atomic E-state index is 11.8. The van der Waals surface area contributed by atoms with Gasteiger partial charge in [-0.1, -0.05) is 18.2 Å². The predicted molar refractivity (Wildman–Crippen MR) is 83.8 cm³/mol. The lowest BCUT2D eigenvalue weighted by Gasteiger charge is -2.07. The third kappa shape index (κ3) is 3.95. The summed E-state index contributed by atoms with van der Waals surface area (Å²) in [5.41, 5.74) is 2.16. The van der Waals surface area contributed by atoms with Crippen LogP contribution in [0, 0.1) is 5.92 Å². The van der Waals surface area contributed by atoms with Gasteiger partial charge in [-0.2, -0.15) is 5.10 Å². The van der Waals surface area contributed by atoms with Crippen LogP contribution in [0.4, 0.5) is 0 Å². The molecule has 5 heteroatoms. The Labute approximate surface area is 130 Å². The number of aromatic nitrogens is 2. The van der Waals surface area contributed by atoms with Gasteiger partial charge in [0.15, 0.2) is 0 Å². The zero-order chi connectivity index (χ0) is 15.2. The SMILES string of the molecule is O=C(C[C@H]1CCOC1)NCCc1cnn(-c2ccccc2)c1. The third-order valence-electron chi connectivity index (χ3n) is 3.89. The second kappa shape index (κ2) is 7.22. The number of nitrogens with one attached hydrogen (secondary N) is 1. The minimum Gasteiger partial charge on any atom is -0.381 e. The summed E-state index contributed by atoms with van der Waals surface area (Å²) in [7, 11) is 0. The Morgan fingerprint density at radius 1 is 1.36 bits per heavy atom. The Kier molecular flexibility index (Phi) is 4.85. The van der Waals surface area contributed by atoms with Crippen LogP contribution in [0.25, 0.3) is 5.69 Å². The summed E-state index contributed by atoms with van der Waals surface area (Å²) in [6.07, 6.45) is 6.22. The molecular weight excluding hydrogens is 278 g/mol. The molecule has 5 nitrogen and oxygen atoms in total. The van der Waals surface area contributed by atoms with Crippen LogP contribution in [0.5, 0.6) is 0 Å². The average molecular weight is 299 g/mol. The van der Waals surface area contributed by atoms with Crippen molar-refractivity contribution < 1.29 is 9.53 Å². The Bertz CT molecular complexity index is 603. The Balaban J connectivity index is 1.44. The first-order chi connectivity index (χ1) is 10.8. The molecule has 1 aliphatic heterocycles. The van der Waals surface area contributed by atoms with Gasteiger partial charge < -0.3 is 10.1 Å². The zero-order valence-corrected chi connectivity index (χ0v) is 12.6. The Morgan fingerprint density at radius 2 is 2.23 bits per heavy atom. The van der Waals surface area contributed by atoms with Crippen LogP contribution in [0.3, 0.4) is 0 Å². The smallest absolute Gasteiger partial charge is 0.220 e. The maximum atomic E-state index is 11.8. The van der Waals surface area contributed by atoms with Gasteiger partial charge in [0.2, 0.25) is 5.91 Å². The number of hydrogen-bond donors (Lipinski definition) is 1. The van der Waals surface area contributed by atoms with Gasteiger partial charge in [0, 0.05) is 32.4 Å². The van der Waals surface area contributed by atoms with E-state index >= 15 is 0 Å². The van der Waals surface area contributed by atoms with E-state index < -0.39 is 0 Å². The quantitative estimate of drug-likeness (QED) is 0.887. The Morgan fingerprint density at radius 3 is 3.00 bits per heavy atom. The minimum absolute atomic E-state index is 0.117. The van der Waals surface area contributed by atoms with E-state index in [0.29, 0.717) is 18.9 Å². The molecule has 1 atom stereocenters. The first-order valence-corrected chi connectivity index (χ1v) is 7.74. The molecule has 1 aromatic carbocycles. The average Bonchev–Trinajstić information content (AvgIpc) is 3.20. The number of rotatable bonds is 6. The highest BCUT2D eigenvalue weighted by atomic mass is 16.5. The van der Waals surface area contributed by atoms with E-state index in [1.54, 1.807) is 0 Å². The topological polar surface area (TPSA) is 56.1 Å². The number of ether oxygens (including phenoxy) is 1. The van der Waals surface area contributed by atoms with Crippen molar-refractivity contribution in [2.75, 3.05) is 19.8 Å². The number of amides is 1. The first kappa shape index (κ1) is 14.8. The first-order valence-electron chi connectivity index (χ1n) is 7.74. The van der Waals surface area contributed by atoms with Gasteiger partial charge in [-0.3, -0.25) is 4.79 Å². The largest absolute Gasteiger partial charge is 0.381 e. The molecule has 0 aliphatic carbocycles. The molecule has 0 spiro atoms. The molecule has 0 radical (unpaired) electrons. The molecule has 1 amide bonds. The van der Waals surface area contributed by atoms with Crippen molar-refractivity contribution in [2.24, 2.45) is 5.92 Å². The summed E-state index contributed by atoms with van der Waals surface area (Å²) in [5, 5.41) is 7.33. The fourth-order valence-electron chi connectivity index (χ4n) is 2.64. The molecule has 1 aliphatic rings. The van der Waals surface area contributed by atoms with Crippen LogP contribution >= 0.6 is 0 Å². The third-order valence-corrected chi connectivity index (χ3v) is 3.89. The van der Waals surface area contributed by atoms with Crippen molar-refractivity contribution in [3.05, 3.63) is 48.3 Å². The summed E-state index contributed by atoms with van der Waals surface area (Å²) in [4.78, 5) is 11.8. The molecule has 0 bridgehead atoms. The van der Waals surface area contributed by atoms with E-state index in [1.807, 2.05) is 47.4 Å². The van der Waals surface area contributed by atoms with Gasteiger partial charge in [-0.05, 0) is 36.5 Å². The predicted octanol–water partition coefficient (Wildman–Crippen LogP) is 1.96.